The van der Waals surface area contributed by atoms with Crippen LogP contribution in [0.5, 0.6) is 0 Å². The van der Waals surface area contributed by atoms with Crippen molar-refractivity contribution in [2.45, 2.75) is 110 Å². The summed E-state index contributed by atoms with van der Waals surface area (Å²) in [5.74, 6) is 0.348. The number of rotatable bonds is 18. The minimum atomic E-state index is -0.00956. The molecule has 0 aliphatic rings. The molecule has 3 heteroatoms. The molecule has 0 radical (unpaired) electrons. The summed E-state index contributed by atoms with van der Waals surface area (Å²) in [6.07, 6.45) is 16.8. The Kier molecular flexibility index (Phi) is 17.6. The van der Waals surface area contributed by atoms with Crippen LogP contribution in [0.15, 0.2) is 0 Å². The number of ketones is 1. The molecule has 138 valence electrons. The van der Waals surface area contributed by atoms with Gasteiger partial charge in [0.05, 0.1) is 6.04 Å². The summed E-state index contributed by atoms with van der Waals surface area (Å²) in [5.41, 5.74) is 0. The van der Waals surface area contributed by atoms with E-state index in [1.807, 2.05) is 0 Å². The van der Waals surface area contributed by atoms with E-state index in [4.69, 9.17) is 5.11 Å². The Morgan fingerprint density at radius 2 is 1.35 bits per heavy atom. The molecule has 3 nitrogen and oxygen atoms in total. The molecule has 0 aliphatic carbocycles. The summed E-state index contributed by atoms with van der Waals surface area (Å²) >= 11 is 0. The maximum Gasteiger partial charge on any atom is 0.149 e. The van der Waals surface area contributed by atoms with Crippen LogP contribution in [0.3, 0.4) is 0 Å². The Balaban J connectivity index is 3.40. The number of hydrogen-bond acceptors (Lipinski definition) is 3. The summed E-state index contributed by atoms with van der Waals surface area (Å²) in [4.78, 5) is 12.1. The Bertz CT molecular complexity index is 256. The number of hydrogen-bond donors (Lipinski definition) is 2. The van der Waals surface area contributed by atoms with Crippen molar-refractivity contribution in [2.24, 2.45) is 0 Å². The Hall–Kier alpha value is -0.410. The molecular formula is C20H41NO2. The van der Waals surface area contributed by atoms with Crippen LogP contribution in [0, 0.1) is 0 Å². The van der Waals surface area contributed by atoms with Gasteiger partial charge < -0.3 is 10.4 Å². The molecule has 0 aromatic heterocycles. The average molecular weight is 328 g/mol. The van der Waals surface area contributed by atoms with E-state index in [1.165, 1.54) is 64.2 Å². The van der Waals surface area contributed by atoms with Crippen molar-refractivity contribution in [3.63, 3.8) is 0 Å². The normalized spacial score (nSPS) is 12.5. The van der Waals surface area contributed by atoms with Crippen molar-refractivity contribution < 1.29 is 9.90 Å². The number of aliphatic hydroxyl groups excluding tert-OH is 1. The molecule has 0 aliphatic heterocycles. The smallest absolute Gasteiger partial charge is 0.149 e. The largest absolute Gasteiger partial charge is 0.396 e. The number of Topliss-reactive ketones (excluding diaryl/α,β-unsaturated/α-hetero) is 1. The van der Waals surface area contributed by atoms with Gasteiger partial charge in [0, 0.05) is 13.0 Å². The van der Waals surface area contributed by atoms with E-state index in [0.29, 0.717) is 12.2 Å². The highest BCUT2D eigenvalue weighted by Crippen LogP contribution is 2.12. The van der Waals surface area contributed by atoms with Gasteiger partial charge in [0.25, 0.3) is 0 Å². The van der Waals surface area contributed by atoms with E-state index in [0.717, 1.165) is 25.8 Å². The first-order chi connectivity index (χ1) is 11.3. The first-order valence-electron chi connectivity index (χ1n) is 10.1. The summed E-state index contributed by atoms with van der Waals surface area (Å²) in [6, 6.07) is -0.00956. The van der Waals surface area contributed by atoms with E-state index in [-0.39, 0.29) is 12.6 Å². The SMILES string of the molecule is CCCCCCCCCCCCCC(=O)C(CC)NCCCO. The fourth-order valence-electron chi connectivity index (χ4n) is 2.98. The molecule has 0 spiro atoms. The van der Waals surface area contributed by atoms with Gasteiger partial charge >= 0.3 is 0 Å². The zero-order chi connectivity index (χ0) is 17.2. The lowest BCUT2D eigenvalue weighted by Crippen LogP contribution is -2.37. The van der Waals surface area contributed by atoms with E-state index < -0.39 is 0 Å². The molecular weight excluding hydrogens is 286 g/mol. The molecule has 0 amide bonds. The van der Waals surface area contributed by atoms with Gasteiger partial charge in [0.1, 0.15) is 5.78 Å². The molecule has 0 aromatic carbocycles. The minimum absolute atomic E-state index is 0.00956. The van der Waals surface area contributed by atoms with Crippen LogP contribution in [0.25, 0.3) is 0 Å². The fourth-order valence-corrected chi connectivity index (χ4v) is 2.98. The fraction of sp³-hybridized carbons (Fsp3) is 0.950. The first kappa shape index (κ1) is 22.6. The van der Waals surface area contributed by atoms with Crippen LogP contribution >= 0.6 is 0 Å². The van der Waals surface area contributed by atoms with Crippen LogP contribution < -0.4 is 5.32 Å². The second-order valence-electron chi connectivity index (χ2n) is 6.74. The van der Waals surface area contributed by atoms with E-state index in [9.17, 15) is 4.79 Å². The van der Waals surface area contributed by atoms with Gasteiger partial charge in [0.15, 0.2) is 0 Å². The lowest BCUT2D eigenvalue weighted by atomic mass is 10.0. The minimum Gasteiger partial charge on any atom is -0.396 e. The van der Waals surface area contributed by atoms with E-state index >= 15 is 0 Å². The van der Waals surface area contributed by atoms with Gasteiger partial charge in [-0.05, 0) is 25.8 Å². The first-order valence-corrected chi connectivity index (χ1v) is 10.1. The van der Waals surface area contributed by atoms with Crippen molar-refractivity contribution in [1.82, 2.24) is 5.32 Å². The zero-order valence-electron chi connectivity index (χ0n) is 15.7. The number of aliphatic hydroxyl groups is 1. The highest BCUT2D eigenvalue weighted by Gasteiger charge is 2.14. The molecule has 0 aromatic rings. The summed E-state index contributed by atoms with van der Waals surface area (Å²) in [5, 5.41) is 12.0. The third kappa shape index (κ3) is 14.9. The van der Waals surface area contributed by atoms with Gasteiger partial charge in [-0.25, -0.2) is 0 Å². The Morgan fingerprint density at radius 1 is 0.826 bits per heavy atom. The third-order valence-corrected chi connectivity index (χ3v) is 4.55. The van der Waals surface area contributed by atoms with E-state index in [1.54, 1.807) is 0 Å². The predicted octanol–water partition coefficient (Wildman–Crippen LogP) is 5.01. The van der Waals surface area contributed by atoms with Crippen LogP contribution in [0.1, 0.15) is 104 Å². The highest BCUT2D eigenvalue weighted by molar-refractivity contribution is 5.83. The Labute approximate surface area is 144 Å². The van der Waals surface area contributed by atoms with Gasteiger partial charge in [-0.15, -0.1) is 0 Å². The Morgan fingerprint density at radius 3 is 1.83 bits per heavy atom. The van der Waals surface area contributed by atoms with Crippen molar-refractivity contribution >= 4 is 5.78 Å². The molecule has 1 atom stereocenters. The van der Waals surface area contributed by atoms with E-state index in [2.05, 4.69) is 19.2 Å². The molecule has 0 bridgehead atoms. The number of carbonyl (C=O) groups is 1. The van der Waals surface area contributed by atoms with Crippen LogP contribution in [0.4, 0.5) is 0 Å². The maximum atomic E-state index is 12.1. The number of carbonyl (C=O) groups excluding carboxylic acids is 1. The van der Waals surface area contributed by atoms with Crippen LogP contribution in [0.2, 0.25) is 0 Å². The molecule has 1 unspecified atom stereocenters. The van der Waals surface area contributed by atoms with Gasteiger partial charge in [0.2, 0.25) is 0 Å². The maximum absolute atomic E-state index is 12.1. The molecule has 0 fully saturated rings. The second kappa shape index (κ2) is 17.9. The summed E-state index contributed by atoms with van der Waals surface area (Å²) < 4.78 is 0. The molecule has 23 heavy (non-hydrogen) atoms. The van der Waals surface area contributed by atoms with Crippen LogP contribution in [-0.4, -0.2) is 30.1 Å². The predicted molar refractivity (Wildman–Crippen MR) is 99.9 cm³/mol. The number of unbranched alkanes of at least 4 members (excludes halogenated alkanes) is 10. The lowest BCUT2D eigenvalue weighted by molar-refractivity contribution is -0.121. The standard InChI is InChI=1S/C20H41NO2/c1-3-5-6-7-8-9-10-11-12-13-14-16-20(23)19(4-2)21-17-15-18-22/h19,21-22H,3-18H2,1-2H3. The summed E-state index contributed by atoms with van der Waals surface area (Å²) in [7, 11) is 0. The van der Waals surface area contributed by atoms with Gasteiger partial charge in [-0.1, -0.05) is 78.1 Å². The zero-order valence-corrected chi connectivity index (χ0v) is 15.7. The second-order valence-corrected chi connectivity index (χ2v) is 6.74. The topological polar surface area (TPSA) is 49.3 Å². The van der Waals surface area contributed by atoms with Crippen molar-refractivity contribution in [1.29, 1.82) is 0 Å². The lowest BCUT2D eigenvalue weighted by Gasteiger charge is -2.15. The van der Waals surface area contributed by atoms with Crippen molar-refractivity contribution in [2.75, 3.05) is 13.2 Å². The third-order valence-electron chi connectivity index (χ3n) is 4.55. The van der Waals surface area contributed by atoms with Crippen molar-refractivity contribution in [3.8, 4) is 0 Å². The summed E-state index contributed by atoms with van der Waals surface area (Å²) in [6.45, 7) is 5.24. The average Bonchev–Trinajstić information content (AvgIpc) is 2.56. The highest BCUT2D eigenvalue weighted by atomic mass is 16.3. The van der Waals surface area contributed by atoms with Crippen LogP contribution in [-0.2, 0) is 4.79 Å². The van der Waals surface area contributed by atoms with Crippen molar-refractivity contribution in [3.05, 3.63) is 0 Å². The molecule has 0 saturated heterocycles. The van der Waals surface area contributed by atoms with Gasteiger partial charge in [-0.2, -0.15) is 0 Å². The molecule has 2 N–H and O–H groups in total. The molecule has 0 rings (SSSR count). The molecule has 0 heterocycles. The number of nitrogens with one attached hydrogen (secondary N) is 1. The monoisotopic (exact) mass is 327 g/mol. The molecule has 0 saturated carbocycles. The van der Waals surface area contributed by atoms with Gasteiger partial charge in [-0.3, -0.25) is 4.79 Å². The quantitative estimate of drug-likeness (QED) is 0.348.